The average molecular weight is 402 g/mol. The average Bonchev–Trinajstić information content (AvgIpc) is 3.21. The van der Waals surface area contributed by atoms with Gasteiger partial charge in [0.2, 0.25) is 12.7 Å². The molecule has 2 aromatic carbocycles. The number of rotatable bonds is 3. The maximum Gasteiger partial charge on any atom is 0.363 e. The number of esters is 1. The van der Waals surface area contributed by atoms with Gasteiger partial charge in [-0.15, -0.1) is 0 Å². The summed E-state index contributed by atoms with van der Waals surface area (Å²) in [6, 6.07) is 10.8. The van der Waals surface area contributed by atoms with Crippen molar-refractivity contribution < 1.29 is 23.7 Å². The largest absolute Gasteiger partial charge is 0.496 e. The minimum atomic E-state index is -0.519. The molecule has 0 aliphatic carbocycles. The van der Waals surface area contributed by atoms with E-state index in [4.69, 9.17) is 18.9 Å². The quantitative estimate of drug-likeness (QED) is 0.581. The van der Waals surface area contributed by atoms with Crippen LogP contribution in [0.25, 0.3) is 6.08 Å². The van der Waals surface area contributed by atoms with Gasteiger partial charge in [-0.3, -0.25) is 0 Å². The number of ether oxygens (including phenoxy) is 4. The number of hydrogen-bond donors (Lipinski definition) is 0. The van der Waals surface area contributed by atoms with Crippen molar-refractivity contribution in [2.45, 2.75) is 0 Å². The van der Waals surface area contributed by atoms with Crippen molar-refractivity contribution in [1.82, 2.24) is 0 Å². The summed E-state index contributed by atoms with van der Waals surface area (Å²) in [6.07, 6.45) is 1.64. The highest BCUT2D eigenvalue weighted by molar-refractivity contribution is 9.10. The first-order valence-corrected chi connectivity index (χ1v) is 8.19. The molecular weight excluding hydrogens is 390 g/mol. The van der Waals surface area contributed by atoms with Crippen LogP contribution >= 0.6 is 15.9 Å². The highest BCUT2D eigenvalue weighted by atomic mass is 79.9. The molecule has 0 saturated carbocycles. The summed E-state index contributed by atoms with van der Waals surface area (Å²) in [5, 5.41) is 0. The molecule has 0 fully saturated rings. The van der Waals surface area contributed by atoms with E-state index in [1.165, 1.54) is 0 Å². The Labute approximate surface area is 151 Å². The third kappa shape index (κ3) is 2.98. The van der Waals surface area contributed by atoms with E-state index in [0.29, 0.717) is 22.8 Å². The van der Waals surface area contributed by atoms with Gasteiger partial charge in [0.1, 0.15) is 5.75 Å². The Morgan fingerprint density at radius 2 is 2.00 bits per heavy atom. The Morgan fingerprint density at radius 3 is 2.84 bits per heavy atom. The van der Waals surface area contributed by atoms with E-state index < -0.39 is 5.97 Å². The molecule has 25 heavy (non-hydrogen) atoms. The second-order valence-corrected chi connectivity index (χ2v) is 6.21. The topological polar surface area (TPSA) is 66.3 Å². The molecule has 0 spiro atoms. The van der Waals surface area contributed by atoms with Crippen LogP contribution in [0.15, 0.2) is 51.6 Å². The van der Waals surface area contributed by atoms with Crippen molar-refractivity contribution in [2.75, 3.05) is 13.9 Å². The zero-order valence-corrected chi connectivity index (χ0v) is 14.7. The third-order valence-electron chi connectivity index (χ3n) is 3.71. The molecular formula is C18H12BrNO5. The van der Waals surface area contributed by atoms with Gasteiger partial charge in [-0.1, -0.05) is 22.0 Å². The molecule has 0 amide bonds. The second-order valence-electron chi connectivity index (χ2n) is 5.29. The Morgan fingerprint density at radius 1 is 1.16 bits per heavy atom. The molecule has 126 valence electrons. The number of cyclic esters (lactones) is 1. The number of nitrogens with zero attached hydrogens (tertiary/aromatic N) is 1. The fourth-order valence-corrected chi connectivity index (χ4v) is 2.89. The van der Waals surface area contributed by atoms with Crippen LogP contribution in [0, 0.1) is 0 Å². The number of carbonyl (C=O) groups excluding carboxylic acids is 1. The van der Waals surface area contributed by atoms with E-state index in [0.717, 1.165) is 10.0 Å². The van der Waals surface area contributed by atoms with Gasteiger partial charge in [-0.2, -0.15) is 0 Å². The summed E-state index contributed by atoms with van der Waals surface area (Å²) in [6.45, 7) is 0.197. The SMILES string of the molecule is COc1ccc(Br)cc1C1=N/C(=C\c2ccc3c(c2)OCO3)C(=O)O1. The van der Waals surface area contributed by atoms with E-state index in [1.54, 1.807) is 37.5 Å². The van der Waals surface area contributed by atoms with Crippen molar-refractivity contribution in [3.8, 4) is 17.2 Å². The molecule has 0 bridgehead atoms. The van der Waals surface area contributed by atoms with Crippen LogP contribution in [0.5, 0.6) is 17.2 Å². The van der Waals surface area contributed by atoms with Crippen molar-refractivity contribution in [3.05, 3.63) is 57.7 Å². The van der Waals surface area contributed by atoms with Crippen molar-refractivity contribution >= 4 is 33.9 Å². The van der Waals surface area contributed by atoms with Crippen molar-refractivity contribution in [2.24, 2.45) is 4.99 Å². The lowest BCUT2D eigenvalue weighted by atomic mass is 10.1. The van der Waals surface area contributed by atoms with Crippen LogP contribution in [0.2, 0.25) is 0 Å². The summed E-state index contributed by atoms with van der Waals surface area (Å²) in [5.41, 5.74) is 1.57. The van der Waals surface area contributed by atoms with Gasteiger partial charge in [0.15, 0.2) is 17.2 Å². The van der Waals surface area contributed by atoms with Crippen LogP contribution in [-0.2, 0) is 9.53 Å². The standard InChI is InChI=1S/C18H12BrNO5/c1-22-14-5-3-11(19)8-12(14)17-20-13(18(21)25-17)6-10-2-4-15-16(7-10)24-9-23-15/h2-8H,9H2,1H3/b13-6-. The van der Waals surface area contributed by atoms with Gasteiger partial charge < -0.3 is 18.9 Å². The lowest BCUT2D eigenvalue weighted by molar-refractivity contribution is -0.129. The van der Waals surface area contributed by atoms with Gasteiger partial charge in [-0.05, 0) is 42.0 Å². The Kier molecular flexibility index (Phi) is 3.93. The minimum Gasteiger partial charge on any atom is -0.496 e. The summed E-state index contributed by atoms with van der Waals surface area (Å²) < 4.78 is 22.1. The van der Waals surface area contributed by atoms with E-state index in [1.807, 2.05) is 12.1 Å². The fraction of sp³-hybridized carbons (Fsp3) is 0.111. The molecule has 6 nitrogen and oxygen atoms in total. The van der Waals surface area contributed by atoms with Crippen LogP contribution in [0.1, 0.15) is 11.1 Å². The molecule has 0 aromatic heterocycles. The molecule has 0 N–H and O–H groups in total. The zero-order chi connectivity index (χ0) is 17.4. The molecule has 7 heteroatoms. The van der Waals surface area contributed by atoms with Crippen LogP contribution in [-0.4, -0.2) is 25.8 Å². The maximum absolute atomic E-state index is 12.2. The zero-order valence-electron chi connectivity index (χ0n) is 13.1. The summed E-state index contributed by atoms with van der Waals surface area (Å²) in [7, 11) is 1.55. The molecule has 0 unspecified atom stereocenters. The number of hydrogen-bond acceptors (Lipinski definition) is 6. The number of benzene rings is 2. The lowest BCUT2D eigenvalue weighted by Crippen LogP contribution is -2.07. The van der Waals surface area contributed by atoms with Crippen LogP contribution in [0.3, 0.4) is 0 Å². The predicted octanol–water partition coefficient (Wildman–Crippen LogP) is 3.53. The van der Waals surface area contributed by atoms with Gasteiger partial charge in [0.05, 0.1) is 12.7 Å². The van der Waals surface area contributed by atoms with Gasteiger partial charge in [-0.25, -0.2) is 9.79 Å². The van der Waals surface area contributed by atoms with Gasteiger partial charge in [0.25, 0.3) is 0 Å². The maximum atomic E-state index is 12.2. The molecule has 2 aliphatic heterocycles. The highest BCUT2D eigenvalue weighted by Gasteiger charge is 2.26. The normalized spacial score (nSPS) is 16.8. The first kappa shape index (κ1) is 15.7. The Balaban J connectivity index is 1.70. The number of aliphatic imine (C=N–C) groups is 1. The molecule has 2 aliphatic rings. The number of halogens is 1. The molecule has 2 aromatic rings. The van der Waals surface area contributed by atoms with E-state index in [9.17, 15) is 4.79 Å². The van der Waals surface area contributed by atoms with E-state index in [2.05, 4.69) is 20.9 Å². The summed E-state index contributed by atoms with van der Waals surface area (Å²) in [4.78, 5) is 16.5. The molecule has 0 atom stereocenters. The van der Waals surface area contributed by atoms with Crippen LogP contribution in [0.4, 0.5) is 0 Å². The minimum absolute atomic E-state index is 0.197. The molecule has 0 radical (unpaired) electrons. The van der Waals surface area contributed by atoms with E-state index >= 15 is 0 Å². The van der Waals surface area contributed by atoms with Crippen LogP contribution < -0.4 is 14.2 Å². The number of methoxy groups -OCH3 is 1. The smallest absolute Gasteiger partial charge is 0.363 e. The summed E-state index contributed by atoms with van der Waals surface area (Å²) >= 11 is 3.39. The fourth-order valence-electron chi connectivity index (χ4n) is 2.53. The monoisotopic (exact) mass is 401 g/mol. The highest BCUT2D eigenvalue weighted by Crippen LogP contribution is 2.34. The number of carbonyl (C=O) groups is 1. The third-order valence-corrected chi connectivity index (χ3v) is 4.21. The first-order chi connectivity index (χ1) is 12.1. The molecule has 4 rings (SSSR count). The van der Waals surface area contributed by atoms with Gasteiger partial charge in [0, 0.05) is 4.47 Å². The Hall–Kier alpha value is -2.80. The Bertz CT molecular complexity index is 935. The van der Waals surface area contributed by atoms with Crippen molar-refractivity contribution in [3.63, 3.8) is 0 Å². The van der Waals surface area contributed by atoms with E-state index in [-0.39, 0.29) is 18.4 Å². The number of fused-ring (bicyclic) bond motifs is 1. The second kappa shape index (κ2) is 6.25. The lowest BCUT2D eigenvalue weighted by Gasteiger charge is -2.07. The molecule has 0 saturated heterocycles. The van der Waals surface area contributed by atoms with Crippen molar-refractivity contribution in [1.29, 1.82) is 0 Å². The summed E-state index contributed by atoms with van der Waals surface area (Å²) in [5.74, 6) is 1.57. The predicted molar refractivity (Wildman–Crippen MR) is 93.9 cm³/mol. The first-order valence-electron chi connectivity index (χ1n) is 7.40. The molecule has 2 heterocycles. The van der Waals surface area contributed by atoms with Gasteiger partial charge >= 0.3 is 5.97 Å².